The Bertz CT molecular complexity index is 466. The number of nitrogens with zero attached hydrogens (tertiary/aromatic N) is 2. The average Bonchev–Trinajstić information content (AvgIpc) is 2.58. The zero-order valence-electron chi connectivity index (χ0n) is 8.10. The van der Waals surface area contributed by atoms with Gasteiger partial charge in [-0.25, -0.2) is 14.5 Å². The van der Waals surface area contributed by atoms with E-state index in [4.69, 9.17) is 16.3 Å². The molecule has 0 aliphatic heterocycles. The Kier molecular flexibility index (Phi) is 3.76. The number of nitrogens with two attached hydrogens (primary N) is 2. The molecule has 0 aromatic carbocycles. The van der Waals surface area contributed by atoms with E-state index < -0.39 is 10.2 Å². The number of nitrogens with one attached hydrogen (secondary N) is 3. The van der Waals surface area contributed by atoms with E-state index in [2.05, 4.69) is 25.0 Å². The summed E-state index contributed by atoms with van der Waals surface area (Å²) in [5.74, 6) is -0.133. The largest absolute Gasteiger partial charge is 0.382 e. The van der Waals surface area contributed by atoms with E-state index in [1.54, 1.807) is 0 Å². The number of nitrogen functional groups attached to an aromatic ring is 1. The normalized spacial score (nSPS) is 11.3. The minimum atomic E-state index is -3.71. The van der Waals surface area contributed by atoms with Crippen LogP contribution in [0.15, 0.2) is 4.63 Å². The summed E-state index contributed by atoms with van der Waals surface area (Å²) in [7, 11) is -3.71. The fourth-order valence-electron chi connectivity index (χ4n) is 0.855. The molecule has 0 atom stereocenters. The number of hydrogen-bond acceptors (Lipinski definition) is 7. The maximum absolute atomic E-state index is 10.5. The Labute approximate surface area is 91.0 Å². The van der Waals surface area contributed by atoms with Gasteiger partial charge in [-0.15, -0.1) is 0 Å². The Balaban J connectivity index is 2.43. The van der Waals surface area contributed by atoms with Gasteiger partial charge in [-0.1, -0.05) is 0 Å². The molecule has 90 valence electrons. The first kappa shape index (κ1) is 12.4. The predicted molar refractivity (Wildman–Crippen MR) is 54.9 cm³/mol. The van der Waals surface area contributed by atoms with Crippen molar-refractivity contribution >= 4 is 21.9 Å². The molecule has 7 N–H and O–H groups in total. The van der Waals surface area contributed by atoms with Crippen LogP contribution in [0, 0.1) is 5.41 Å². The average molecular weight is 249 g/mol. The van der Waals surface area contributed by atoms with Crippen LogP contribution in [-0.4, -0.2) is 37.7 Å². The van der Waals surface area contributed by atoms with Crippen molar-refractivity contribution < 1.29 is 13.0 Å². The monoisotopic (exact) mass is 249 g/mol. The number of hydrogen-bond donors (Lipinski definition) is 5. The number of aromatic nitrogens is 2. The summed E-state index contributed by atoms with van der Waals surface area (Å²) >= 11 is 0. The molecular weight excluding hydrogens is 238 g/mol. The van der Waals surface area contributed by atoms with Gasteiger partial charge in [0, 0.05) is 13.1 Å². The zero-order valence-corrected chi connectivity index (χ0v) is 8.91. The highest BCUT2D eigenvalue weighted by atomic mass is 32.2. The van der Waals surface area contributed by atoms with Gasteiger partial charge in [-0.2, -0.15) is 8.42 Å². The van der Waals surface area contributed by atoms with Gasteiger partial charge in [0.25, 0.3) is 10.2 Å². The molecule has 1 heterocycles. The fourth-order valence-corrected chi connectivity index (χ4v) is 1.24. The van der Waals surface area contributed by atoms with Gasteiger partial charge in [-0.3, -0.25) is 5.41 Å². The summed E-state index contributed by atoms with van der Waals surface area (Å²) < 4.78 is 27.4. The fraction of sp³-hybridized carbons (Fsp3) is 0.400. The van der Waals surface area contributed by atoms with Crippen molar-refractivity contribution in [1.29, 1.82) is 5.41 Å². The maximum atomic E-state index is 10.5. The first-order valence-corrected chi connectivity index (χ1v) is 5.63. The minimum Gasteiger partial charge on any atom is -0.382 e. The van der Waals surface area contributed by atoms with Gasteiger partial charge in [-0.05, 0) is 10.3 Å². The lowest BCUT2D eigenvalue weighted by Crippen LogP contribution is -2.34. The van der Waals surface area contributed by atoms with Gasteiger partial charge < -0.3 is 11.1 Å². The zero-order chi connectivity index (χ0) is 12.2. The van der Waals surface area contributed by atoms with Crippen molar-refractivity contribution in [2.45, 2.75) is 0 Å². The first-order valence-electron chi connectivity index (χ1n) is 4.08. The highest BCUT2D eigenvalue weighted by Crippen LogP contribution is 2.06. The topological polar surface area (TPSA) is 173 Å². The lowest BCUT2D eigenvalue weighted by Gasteiger charge is -2.03. The van der Waals surface area contributed by atoms with E-state index in [1.165, 1.54) is 0 Å². The number of anilines is 1. The second-order valence-corrected chi connectivity index (χ2v) is 4.12. The second kappa shape index (κ2) is 4.87. The van der Waals surface area contributed by atoms with Crippen molar-refractivity contribution in [3.8, 4) is 0 Å². The molecule has 0 radical (unpaired) electrons. The SMILES string of the molecule is N=C(N)c1nonc1NCCNS(N)(=O)=O. The van der Waals surface area contributed by atoms with Gasteiger partial charge in [0.1, 0.15) is 5.84 Å². The maximum Gasteiger partial charge on any atom is 0.274 e. The molecule has 0 amide bonds. The molecular formula is C5H11N7O3S. The van der Waals surface area contributed by atoms with Crippen molar-refractivity contribution in [1.82, 2.24) is 15.0 Å². The lowest BCUT2D eigenvalue weighted by molar-refractivity contribution is 0.307. The highest BCUT2D eigenvalue weighted by Gasteiger charge is 2.11. The molecule has 0 saturated carbocycles. The molecule has 1 aromatic rings. The van der Waals surface area contributed by atoms with Gasteiger partial charge in [0.05, 0.1) is 0 Å². The molecule has 1 rings (SSSR count). The number of rotatable bonds is 6. The second-order valence-electron chi connectivity index (χ2n) is 2.74. The summed E-state index contributed by atoms with van der Waals surface area (Å²) in [6.07, 6.45) is 0. The van der Waals surface area contributed by atoms with Crippen LogP contribution in [0.5, 0.6) is 0 Å². The summed E-state index contributed by atoms with van der Waals surface area (Å²) in [6, 6.07) is 0. The summed E-state index contributed by atoms with van der Waals surface area (Å²) in [6.45, 7) is 0.258. The summed E-state index contributed by atoms with van der Waals surface area (Å²) in [5, 5.41) is 21.3. The van der Waals surface area contributed by atoms with Crippen molar-refractivity contribution in [2.24, 2.45) is 10.9 Å². The number of amidine groups is 1. The van der Waals surface area contributed by atoms with Crippen molar-refractivity contribution in [3.05, 3.63) is 5.69 Å². The van der Waals surface area contributed by atoms with Crippen LogP contribution in [0.1, 0.15) is 5.69 Å². The molecule has 0 aliphatic rings. The Morgan fingerprint density at radius 2 is 2.12 bits per heavy atom. The molecule has 0 spiro atoms. The summed E-state index contributed by atoms with van der Waals surface area (Å²) in [5.41, 5.74) is 5.25. The Morgan fingerprint density at radius 1 is 1.44 bits per heavy atom. The van der Waals surface area contributed by atoms with Crippen LogP contribution in [0.3, 0.4) is 0 Å². The first-order chi connectivity index (χ1) is 7.40. The van der Waals surface area contributed by atoms with E-state index in [0.717, 1.165) is 0 Å². The highest BCUT2D eigenvalue weighted by molar-refractivity contribution is 7.87. The van der Waals surface area contributed by atoms with Crippen LogP contribution < -0.4 is 20.9 Å². The van der Waals surface area contributed by atoms with E-state index >= 15 is 0 Å². The minimum absolute atomic E-state index is 0.0586. The molecule has 0 unspecified atom stereocenters. The standard InChI is InChI=1S/C5H11N7O3S/c6-4(7)3-5(12-15-11-3)9-1-2-10-16(8,13)14/h10H,1-2H2,(H3,6,7)(H,9,12)(H2,8,13,14). The van der Waals surface area contributed by atoms with Crippen LogP contribution >= 0.6 is 0 Å². The predicted octanol–water partition coefficient (Wildman–Crippen LogP) is -2.44. The van der Waals surface area contributed by atoms with E-state index in [9.17, 15) is 8.42 Å². The van der Waals surface area contributed by atoms with E-state index in [-0.39, 0.29) is 30.4 Å². The van der Waals surface area contributed by atoms with Crippen LogP contribution in [0.4, 0.5) is 5.82 Å². The van der Waals surface area contributed by atoms with Crippen molar-refractivity contribution in [2.75, 3.05) is 18.4 Å². The van der Waals surface area contributed by atoms with Crippen molar-refractivity contribution in [3.63, 3.8) is 0 Å². The smallest absolute Gasteiger partial charge is 0.274 e. The third kappa shape index (κ3) is 3.80. The molecule has 0 bridgehead atoms. The van der Waals surface area contributed by atoms with E-state index in [1.807, 2.05) is 0 Å². The third-order valence-corrected chi connectivity index (χ3v) is 2.07. The quantitative estimate of drug-likeness (QED) is 0.211. The molecule has 0 fully saturated rings. The lowest BCUT2D eigenvalue weighted by atomic mass is 10.4. The van der Waals surface area contributed by atoms with E-state index in [0.29, 0.717) is 0 Å². The molecule has 16 heavy (non-hydrogen) atoms. The van der Waals surface area contributed by atoms with Crippen LogP contribution in [0.2, 0.25) is 0 Å². The third-order valence-electron chi connectivity index (χ3n) is 1.46. The van der Waals surface area contributed by atoms with Gasteiger partial charge >= 0.3 is 0 Å². The summed E-state index contributed by atoms with van der Waals surface area (Å²) in [4.78, 5) is 0. The van der Waals surface area contributed by atoms with Crippen LogP contribution in [0.25, 0.3) is 0 Å². The molecule has 10 nitrogen and oxygen atoms in total. The molecule has 11 heteroatoms. The van der Waals surface area contributed by atoms with Gasteiger partial charge in [0.2, 0.25) is 5.82 Å². The molecule has 0 aliphatic carbocycles. The Hall–Kier alpha value is -1.72. The Morgan fingerprint density at radius 3 is 2.69 bits per heavy atom. The molecule has 1 aromatic heterocycles. The van der Waals surface area contributed by atoms with Gasteiger partial charge in [0.15, 0.2) is 5.69 Å². The molecule has 0 saturated heterocycles. The van der Waals surface area contributed by atoms with Crippen LogP contribution in [-0.2, 0) is 10.2 Å².